The van der Waals surface area contributed by atoms with Crippen LogP contribution in [-0.4, -0.2) is 27.8 Å². The van der Waals surface area contributed by atoms with Gasteiger partial charge in [0.2, 0.25) is 6.79 Å². The molecule has 0 spiro atoms. The molecule has 8 nitrogen and oxygen atoms in total. The third kappa shape index (κ3) is 3.64. The van der Waals surface area contributed by atoms with E-state index in [1.807, 2.05) is 0 Å². The number of fused-ring (bicyclic) bond motifs is 1. The van der Waals surface area contributed by atoms with Crippen LogP contribution in [-0.2, 0) is 11.3 Å². The predicted molar refractivity (Wildman–Crippen MR) is 102 cm³/mol. The van der Waals surface area contributed by atoms with Crippen LogP contribution in [0, 0.1) is 15.9 Å². The summed E-state index contributed by atoms with van der Waals surface area (Å²) in [7, 11) is 0. The van der Waals surface area contributed by atoms with Gasteiger partial charge in [-0.3, -0.25) is 24.6 Å². The molecule has 2 aliphatic heterocycles. The molecular weight excluding hydrogens is 427 g/mol. The Kier molecular flexibility index (Phi) is 4.89. The van der Waals surface area contributed by atoms with Gasteiger partial charge in [0.15, 0.2) is 11.5 Å². The Morgan fingerprint density at radius 2 is 1.97 bits per heavy atom. The predicted octanol–water partition coefficient (Wildman–Crippen LogP) is 4.35. The number of imide groups is 1. The van der Waals surface area contributed by atoms with E-state index >= 15 is 0 Å². The minimum atomic E-state index is -0.632. The van der Waals surface area contributed by atoms with Crippen molar-refractivity contribution >= 4 is 46.3 Å². The van der Waals surface area contributed by atoms with Crippen molar-refractivity contribution in [1.82, 2.24) is 4.90 Å². The second-order valence-electron chi connectivity index (χ2n) is 6.02. The van der Waals surface area contributed by atoms with E-state index in [2.05, 4.69) is 0 Å². The Hall–Kier alpha value is -3.11. The third-order valence-corrected chi connectivity index (χ3v) is 5.48. The van der Waals surface area contributed by atoms with E-state index in [4.69, 9.17) is 21.1 Å². The zero-order valence-corrected chi connectivity index (χ0v) is 16.0. The average molecular weight is 437 g/mol. The number of hydrogen-bond acceptors (Lipinski definition) is 7. The first-order chi connectivity index (χ1) is 13.8. The molecule has 4 rings (SSSR count). The fourth-order valence-corrected chi connectivity index (χ4v) is 3.87. The van der Waals surface area contributed by atoms with Crippen LogP contribution in [0.25, 0.3) is 6.08 Å². The summed E-state index contributed by atoms with van der Waals surface area (Å²) in [5.74, 6) is -0.637. The lowest BCUT2D eigenvalue weighted by molar-refractivity contribution is -0.385. The van der Waals surface area contributed by atoms with Crippen molar-refractivity contribution < 1.29 is 28.4 Å². The number of nitro groups is 1. The molecule has 0 aromatic heterocycles. The lowest BCUT2D eigenvalue weighted by atomic mass is 10.1. The van der Waals surface area contributed by atoms with Gasteiger partial charge in [-0.15, -0.1) is 0 Å². The molecule has 0 aliphatic carbocycles. The molecule has 148 valence electrons. The van der Waals surface area contributed by atoms with Crippen LogP contribution in [0.2, 0.25) is 5.02 Å². The Morgan fingerprint density at radius 3 is 2.66 bits per heavy atom. The maximum atomic E-state index is 13.2. The number of benzene rings is 2. The number of amides is 2. The molecule has 0 atom stereocenters. The zero-order valence-electron chi connectivity index (χ0n) is 14.4. The molecule has 2 amide bonds. The lowest BCUT2D eigenvalue weighted by Gasteiger charge is -2.13. The SMILES string of the molecule is O=C1S/C(=C\c2cc3c(cc2[N+](=O)[O-])OCO3)C(=O)N1Cc1ccc(F)cc1Cl. The van der Waals surface area contributed by atoms with E-state index in [9.17, 15) is 24.1 Å². The standard InChI is InChI=1S/C18H10ClFN2O6S/c19-12-5-11(20)2-1-9(12)7-21-17(23)16(29-18(21)24)4-10-3-14-15(28-8-27-14)6-13(10)22(25)26/h1-6H,7-8H2/b16-4-. The van der Waals surface area contributed by atoms with Gasteiger partial charge >= 0.3 is 0 Å². The molecule has 0 unspecified atom stereocenters. The van der Waals surface area contributed by atoms with E-state index in [-0.39, 0.29) is 40.3 Å². The second kappa shape index (κ2) is 7.37. The first-order valence-corrected chi connectivity index (χ1v) is 9.30. The van der Waals surface area contributed by atoms with Gasteiger partial charge in [0.25, 0.3) is 16.8 Å². The molecule has 2 heterocycles. The number of thioether (sulfide) groups is 1. The van der Waals surface area contributed by atoms with Gasteiger partial charge in [0.05, 0.1) is 28.0 Å². The average Bonchev–Trinajstić information content (AvgIpc) is 3.22. The minimum absolute atomic E-state index is 0.00944. The van der Waals surface area contributed by atoms with Crippen LogP contribution in [0.4, 0.5) is 14.9 Å². The van der Waals surface area contributed by atoms with Gasteiger partial charge < -0.3 is 9.47 Å². The Bertz CT molecular complexity index is 1110. The molecular formula is C18H10ClFN2O6S. The second-order valence-corrected chi connectivity index (χ2v) is 7.43. The number of carbonyl (C=O) groups excluding carboxylic acids is 2. The number of ether oxygens (including phenoxy) is 2. The van der Waals surface area contributed by atoms with E-state index in [0.29, 0.717) is 23.1 Å². The summed E-state index contributed by atoms with van der Waals surface area (Å²) < 4.78 is 23.6. The summed E-state index contributed by atoms with van der Waals surface area (Å²) in [4.78, 5) is 36.7. The van der Waals surface area contributed by atoms with Crippen molar-refractivity contribution in [2.75, 3.05) is 6.79 Å². The topological polar surface area (TPSA) is 99.0 Å². The summed E-state index contributed by atoms with van der Waals surface area (Å²) in [6.07, 6.45) is 1.26. The van der Waals surface area contributed by atoms with Crippen LogP contribution in [0.15, 0.2) is 35.2 Å². The normalized spacial score (nSPS) is 16.8. The van der Waals surface area contributed by atoms with Crippen molar-refractivity contribution in [3.63, 3.8) is 0 Å². The molecule has 29 heavy (non-hydrogen) atoms. The summed E-state index contributed by atoms with van der Waals surface area (Å²) >= 11 is 6.61. The lowest BCUT2D eigenvalue weighted by Crippen LogP contribution is -2.27. The van der Waals surface area contributed by atoms with Crippen LogP contribution < -0.4 is 9.47 Å². The van der Waals surface area contributed by atoms with Gasteiger partial charge in [0.1, 0.15) is 5.82 Å². The highest BCUT2D eigenvalue weighted by Crippen LogP contribution is 2.41. The van der Waals surface area contributed by atoms with Gasteiger partial charge in [0, 0.05) is 5.02 Å². The van der Waals surface area contributed by atoms with E-state index in [0.717, 1.165) is 11.0 Å². The van der Waals surface area contributed by atoms with E-state index in [1.54, 1.807) is 0 Å². The van der Waals surface area contributed by atoms with Gasteiger partial charge in [-0.1, -0.05) is 17.7 Å². The number of hydrogen-bond donors (Lipinski definition) is 0. The number of nitrogens with zero attached hydrogens (tertiary/aromatic N) is 2. The molecule has 2 aliphatic rings. The molecule has 1 fully saturated rings. The summed E-state index contributed by atoms with van der Waals surface area (Å²) in [6, 6.07) is 6.23. The van der Waals surface area contributed by atoms with Crippen molar-refractivity contribution in [2.45, 2.75) is 6.54 Å². The largest absolute Gasteiger partial charge is 0.454 e. The van der Waals surface area contributed by atoms with Crippen LogP contribution in [0.5, 0.6) is 11.5 Å². The quantitative estimate of drug-likeness (QED) is 0.399. The maximum Gasteiger partial charge on any atom is 0.293 e. The fourth-order valence-electron chi connectivity index (χ4n) is 2.82. The van der Waals surface area contributed by atoms with E-state index < -0.39 is 21.9 Å². The smallest absolute Gasteiger partial charge is 0.293 e. The molecule has 0 bridgehead atoms. The highest BCUT2D eigenvalue weighted by atomic mass is 35.5. The molecule has 11 heteroatoms. The van der Waals surface area contributed by atoms with Gasteiger partial charge in [-0.05, 0) is 41.6 Å². The Morgan fingerprint density at radius 1 is 1.24 bits per heavy atom. The number of halogens is 2. The molecule has 2 aromatic rings. The maximum absolute atomic E-state index is 13.2. The zero-order chi connectivity index (χ0) is 20.7. The number of rotatable bonds is 4. The van der Waals surface area contributed by atoms with E-state index in [1.165, 1.54) is 30.3 Å². The highest BCUT2D eigenvalue weighted by molar-refractivity contribution is 8.18. The summed E-state index contributed by atoms with van der Waals surface area (Å²) in [5, 5.41) is 10.9. The van der Waals surface area contributed by atoms with Crippen LogP contribution in [0.3, 0.4) is 0 Å². The molecule has 0 N–H and O–H groups in total. The summed E-state index contributed by atoms with van der Waals surface area (Å²) in [5.41, 5.74) is 0.206. The monoisotopic (exact) mass is 436 g/mol. The Balaban J connectivity index is 1.65. The molecule has 2 aromatic carbocycles. The van der Waals surface area contributed by atoms with Crippen molar-refractivity contribution in [1.29, 1.82) is 0 Å². The summed E-state index contributed by atoms with van der Waals surface area (Å²) in [6.45, 7) is -0.213. The van der Waals surface area contributed by atoms with Crippen molar-refractivity contribution in [3.8, 4) is 11.5 Å². The van der Waals surface area contributed by atoms with Gasteiger partial charge in [-0.2, -0.15) is 0 Å². The van der Waals surface area contributed by atoms with Gasteiger partial charge in [-0.25, -0.2) is 4.39 Å². The van der Waals surface area contributed by atoms with Crippen molar-refractivity contribution in [2.24, 2.45) is 0 Å². The van der Waals surface area contributed by atoms with Crippen molar-refractivity contribution in [3.05, 3.63) is 67.3 Å². The minimum Gasteiger partial charge on any atom is -0.454 e. The van der Waals surface area contributed by atoms with Crippen LogP contribution >= 0.6 is 23.4 Å². The Labute approximate surface area is 172 Å². The first-order valence-electron chi connectivity index (χ1n) is 8.11. The van der Waals surface area contributed by atoms with Crippen LogP contribution in [0.1, 0.15) is 11.1 Å². The fraction of sp³-hybridized carbons (Fsp3) is 0.111. The highest BCUT2D eigenvalue weighted by Gasteiger charge is 2.36. The first kappa shape index (κ1) is 19.2. The molecule has 1 saturated heterocycles. The third-order valence-electron chi connectivity index (χ3n) is 4.22. The molecule has 0 radical (unpaired) electrons. The molecule has 0 saturated carbocycles. The number of nitro benzene ring substituents is 1. The number of carbonyl (C=O) groups is 2.